The number of ether oxygens (including phenoxy) is 1. The number of carbonyl (C=O) groups excluding carboxylic acids is 2. The van der Waals surface area contributed by atoms with E-state index in [2.05, 4.69) is 5.32 Å². The van der Waals surface area contributed by atoms with Gasteiger partial charge >= 0.3 is 0 Å². The molecule has 0 heterocycles. The van der Waals surface area contributed by atoms with Crippen molar-refractivity contribution in [3.63, 3.8) is 0 Å². The SMILES string of the molecule is COCCNC(=O)[C@@H](Cc1ccccc1)N(Cc1ccccc1)C(=O)Cc1ccccc1. The lowest BCUT2D eigenvalue weighted by molar-refractivity contribution is -0.140. The number of rotatable bonds is 11. The van der Waals surface area contributed by atoms with E-state index in [9.17, 15) is 9.59 Å². The maximum atomic E-state index is 13.5. The van der Waals surface area contributed by atoms with E-state index in [0.29, 0.717) is 26.1 Å². The van der Waals surface area contributed by atoms with Crippen molar-refractivity contribution < 1.29 is 14.3 Å². The van der Waals surface area contributed by atoms with E-state index in [1.165, 1.54) is 0 Å². The molecule has 2 amide bonds. The van der Waals surface area contributed by atoms with Gasteiger partial charge in [0.25, 0.3) is 0 Å². The monoisotopic (exact) mass is 430 g/mol. The van der Waals surface area contributed by atoms with Crippen LogP contribution in [0.5, 0.6) is 0 Å². The van der Waals surface area contributed by atoms with Crippen LogP contribution in [-0.4, -0.2) is 43.0 Å². The Kier molecular flexibility index (Phi) is 9.02. The molecule has 5 heteroatoms. The molecule has 5 nitrogen and oxygen atoms in total. The summed E-state index contributed by atoms with van der Waals surface area (Å²) in [5, 5.41) is 2.93. The zero-order valence-corrected chi connectivity index (χ0v) is 18.4. The Bertz CT molecular complexity index is 962. The predicted octanol–water partition coefficient (Wildman–Crippen LogP) is 3.63. The van der Waals surface area contributed by atoms with Crippen LogP contribution in [0.15, 0.2) is 91.0 Å². The number of hydrogen-bond acceptors (Lipinski definition) is 3. The van der Waals surface area contributed by atoms with Gasteiger partial charge in [0, 0.05) is 26.6 Å². The minimum atomic E-state index is -0.634. The molecule has 0 aliphatic heterocycles. The Balaban J connectivity index is 1.90. The van der Waals surface area contributed by atoms with Crippen LogP contribution < -0.4 is 5.32 Å². The molecule has 3 rings (SSSR count). The standard InChI is InChI=1S/C27H30N2O3/c1-32-18-17-28-27(31)25(19-22-11-5-2-6-12-22)29(21-24-15-9-4-10-16-24)26(30)20-23-13-7-3-8-14-23/h2-16,25H,17-21H2,1H3,(H,28,31)/t25-/m1/s1. The molecule has 1 N–H and O–H groups in total. The molecule has 0 spiro atoms. The molecule has 0 aliphatic carbocycles. The predicted molar refractivity (Wildman–Crippen MR) is 126 cm³/mol. The number of carbonyl (C=O) groups is 2. The van der Waals surface area contributed by atoms with E-state index in [1.54, 1.807) is 12.0 Å². The summed E-state index contributed by atoms with van der Waals surface area (Å²) in [6.45, 7) is 1.18. The summed E-state index contributed by atoms with van der Waals surface area (Å²) in [5.74, 6) is -0.258. The highest BCUT2D eigenvalue weighted by Crippen LogP contribution is 2.16. The summed E-state index contributed by atoms with van der Waals surface area (Å²) in [6.07, 6.45) is 0.678. The second kappa shape index (κ2) is 12.4. The van der Waals surface area contributed by atoms with Crippen molar-refractivity contribution in [1.82, 2.24) is 10.2 Å². The van der Waals surface area contributed by atoms with Gasteiger partial charge in [0.1, 0.15) is 6.04 Å². The van der Waals surface area contributed by atoms with Crippen LogP contribution in [-0.2, 0) is 33.7 Å². The second-order valence-electron chi connectivity index (χ2n) is 7.66. The molecular weight excluding hydrogens is 400 g/mol. The highest BCUT2D eigenvalue weighted by Gasteiger charge is 2.30. The van der Waals surface area contributed by atoms with Crippen molar-refractivity contribution in [2.45, 2.75) is 25.4 Å². The minimum absolute atomic E-state index is 0.0807. The Morgan fingerprint density at radius 2 is 1.34 bits per heavy atom. The van der Waals surface area contributed by atoms with Crippen molar-refractivity contribution in [2.24, 2.45) is 0 Å². The maximum Gasteiger partial charge on any atom is 0.243 e. The Morgan fingerprint density at radius 1 is 0.812 bits per heavy atom. The quantitative estimate of drug-likeness (QED) is 0.473. The van der Waals surface area contributed by atoms with Gasteiger partial charge in [-0.3, -0.25) is 9.59 Å². The third-order valence-electron chi connectivity index (χ3n) is 5.27. The molecule has 0 aromatic heterocycles. The fraction of sp³-hybridized carbons (Fsp3) is 0.259. The van der Waals surface area contributed by atoms with Crippen molar-refractivity contribution in [3.05, 3.63) is 108 Å². The zero-order valence-electron chi connectivity index (χ0n) is 18.4. The molecule has 0 radical (unpaired) electrons. The number of methoxy groups -OCH3 is 1. The molecule has 0 saturated heterocycles. The lowest BCUT2D eigenvalue weighted by Crippen LogP contribution is -2.51. The molecule has 0 bridgehead atoms. The van der Waals surface area contributed by atoms with Crippen LogP contribution in [0.4, 0.5) is 0 Å². The first kappa shape index (κ1) is 23.2. The van der Waals surface area contributed by atoms with Crippen molar-refractivity contribution >= 4 is 11.8 Å². The minimum Gasteiger partial charge on any atom is -0.383 e. The van der Waals surface area contributed by atoms with Crippen molar-refractivity contribution in [2.75, 3.05) is 20.3 Å². The summed E-state index contributed by atoms with van der Waals surface area (Å²) in [6, 6.07) is 28.6. The van der Waals surface area contributed by atoms with Gasteiger partial charge in [0.05, 0.1) is 13.0 Å². The fourth-order valence-corrected chi connectivity index (χ4v) is 3.60. The summed E-state index contributed by atoms with van der Waals surface area (Å²) in [7, 11) is 1.60. The van der Waals surface area contributed by atoms with Gasteiger partial charge in [-0.25, -0.2) is 0 Å². The second-order valence-corrected chi connectivity index (χ2v) is 7.66. The lowest BCUT2D eigenvalue weighted by atomic mass is 10.0. The van der Waals surface area contributed by atoms with Crippen LogP contribution in [0.2, 0.25) is 0 Å². The normalized spacial score (nSPS) is 11.5. The topological polar surface area (TPSA) is 58.6 Å². The summed E-state index contributed by atoms with van der Waals surface area (Å²) in [5.41, 5.74) is 2.91. The average molecular weight is 431 g/mol. The van der Waals surface area contributed by atoms with Crippen LogP contribution >= 0.6 is 0 Å². The van der Waals surface area contributed by atoms with Gasteiger partial charge in [-0.05, 0) is 16.7 Å². The lowest BCUT2D eigenvalue weighted by Gasteiger charge is -2.31. The van der Waals surface area contributed by atoms with Crippen molar-refractivity contribution in [3.8, 4) is 0 Å². The largest absolute Gasteiger partial charge is 0.383 e. The van der Waals surface area contributed by atoms with E-state index in [0.717, 1.165) is 16.7 Å². The van der Waals surface area contributed by atoms with Gasteiger partial charge in [-0.2, -0.15) is 0 Å². The molecule has 1 atom stereocenters. The number of benzene rings is 3. The van der Waals surface area contributed by atoms with Gasteiger partial charge in [-0.15, -0.1) is 0 Å². The number of hydrogen-bond donors (Lipinski definition) is 1. The van der Waals surface area contributed by atoms with Crippen LogP contribution in [0.1, 0.15) is 16.7 Å². The summed E-state index contributed by atoms with van der Waals surface area (Å²) >= 11 is 0. The first-order valence-electron chi connectivity index (χ1n) is 10.8. The van der Waals surface area contributed by atoms with Crippen LogP contribution in [0.25, 0.3) is 0 Å². The smallest absolute Gasteiger partial charge is 0.243 e. The fourth-order valence-electron chi connectivity index (χ4n) is 3.60. The molecule has 0 aliphatic rings. The van der Waals surface area contributed by atoms with E-state index in [-0.39, 0.29) is 18.2 Å². The molecule has 0 saturated carbocycles. The maximum absolute atomic E-state index is 13.5. The highest BCUT2D eigenvalue weighted by molar-refractivity contribution is 5.88. The number of amides is 2. The van der Waals surface area contributed by atoms with Gasteiger partial charge in [0.2, 0.25) is 11.8 Å². The Labute approximate surface area is 190 Å². The molecule has 3 aromatic carbocycles. The van der Waals surface area contributed by atoms with E-state index in [1.807, 2.05) is 91.0 Å². The average Bonchev–Trinajstić information content (AvgIpc) is 2.83. The Morgan fingerprint density at radius 3 is 1.91 bits per heavy atom. The first-order chi connectivity index (χ1) is 15.7. The zero-order chi connectivity index (χ0) is 22.6. The van der Waals surface area contributed by atoms with Crippen LogP contribution in [0.3, 0.4) is 0 Å². The molecule has 32 heavy (non-hydrogen) atoms. The number of nitrogens with one attached hydrogen (secondary N) is 1. The van der Waals surface area contributed by atoms with E-state index >= 15 is 0 Å². The highest BCUT2D eigenvalue weighted by atomic mass is 16.5. The molecule has 166 valence electrons. The molecule has 3 aromatic rings. The summed E-state index contributed by atoms with van der Waals surface area (Å²) in [4.78, 5) is 28.5. The molecule has 0 fully saturated rings. The van der Waals surface area contributed by atoms with Gasteiger partial charge in [-0.1, -0.05) is 91.0 Å². The van der Waals surface area contributed by atoms with Gasteiger partial charge < -0.3 is 15.0 Å². The molecule has 0 unspecified atom stereocenters. The van der Waals surface area contributed by atoms with Crippen LogP contribution in [0, 0.1) is 0 Å². The first-order valence-corrected chi connectivity index (χ1v) is 10.8. The third-order valence-corrected chi connectivity index (χ3v) is 5.27. The van der Waals surface area contributed by atoms with Gasteiger partial charge in [0.15, 0.2) is 0 Å². The summed E-state index contributed by atoms with van der Waals surface area (Å²) < 4.78 is 5.08. The van der Waals surface area contributed by atoms with E-state index < -0.39 is 6.04 Å². The van der Waals surface area contributed by atoms with Crippen molar-refractivity contribution in [1.29, 1.82) is 0 Å². The third kappa shape index (κ3) is 7.06. The number of nitrogens with zero attached hydrogens (tertiary/aromatic N) is 1. The molecular formula is C27H30N2O3. The van der Waals surface area contributed by atoms with E-state index in [4.69, 9.17) is 4.74 Å². The Hall–Kier alpha value is -3.44.